The maximum absolute atomic E-state index is 10.8. The van der Waals surface area contributed by atoms with E-state index in [1.165, 1.54) is 12.6 Å². The average molecular weight is 235 g/mol. The number of hydrogen-bond acceptors (Lipinski definition) is 4. The molecule has 0 amide bonds. The summed E-state index contributed by atoms with van der Waals surface area (Å²) >= 11 is 0. The summed E-state index contributed by atoms with van der Waals surface area (Å²) in [5, 5.41) is 14.1. The topological polar surface area (TPSA) is 68.1 Å². The van der Waals surface area contributed by atoms with Gasteiger partial charge in [0.15, 0.2) is 0 Å². The van der Waals surface area contributed by atoms with E-state index >= 15 is 0 Å². The molecule has 0 aliphatic heterocycles. The molecule has 0 radical (unpaired) electrons. The van der Waals surface area contributed by atoms with Crippen LogP contribution in [0, 0.1) is 22.0 Å². The SMILES string of the molecule is CC1CCC(Nc2cccnc2[N+](=O)[O-])C1C. The van der Waals surface area contributed by atoms with Crippen molar-refractivity contribution >= 4 is 11.5 Å². The molecular weight excluding hydrogens is 218 g/mol. The largest absolute Gasteiger partial charge is 0.386 e. The summed E-state index contributed by atoms with van der Waals surface area (Å²) in [7, 11) is 0. The quantitative estimate of drug-likeness (QED) is 0.646. The first-order valence-electron chi connectivity index (χ1n) is 5.95. The van der Waals surface area contributed by atoms with Crippen molar-refractivity contribution in [2.45, 2.75) is 32.7 Å². The molecule has 0 bridgehead atoms. The lowest BCUT2D eigenvalue weighted by Gasteiger charge is -2.20. The van der Waals surface area contributed by atoms with Crippen molar-refractivity contribution in [3.05, 3.63) is 28.4 Å². The molecule has 17 heavy (non-hydrogen) atoms. The maximum Gasteiger partial charge on any atom is 0.386 e. The minimum Gasteiger partial charge on any atom is -0.375 e. The van der Waals surface area contributed by atoms with Crippen LogP contribution in [0.5, 0.6) is 0 Å². The molecule has 5 nitrogen and oxygen atoms in total. The van der Waals surface area contributed by atoms with Gasteiger partial charge in [0.2, 0.25) is 0 Å². The lowest BCUT2D eigenvalue weighted by atomic mass is 9.98. The van der Waals surface area contributed by atoms with Crippen LogP contribution in [0.2, 0.25) is 0 Å². The predicted octanol–water partition coefficient (Wildman–Crippen LogP) is 2.84. The Balaban J connectivity index is 2.16. The Morgan fingerprint density at radius 2 is 2.24 bits per heavy atom. The fraction of sp³-hybridized carbons (Fsp3) is 0.583. The van der Waals surface area contributed by atoms with E-state index in [2.05, 4.69) is 24.1 Å². The van der Waals surface area contributed by atoms with E-state index in [0.717, 1.165) is 6.42 Å². The lowest BCUT2D eigenvalue weighted by molar-refractivity contribution is -0.388. The Bertz CT molecular complexity index is 422. The molecule has 1 fully saturated rings. The minimum absolute atomic E-state index is 0.0840. The number of nitrogens with one attached hydrogen (secondary N) is 1. The third-order valence-corrected chi connectivity index (χ3v) is 3.77. The Morgan fingerprint density at radius 1 is 1.47 bits per heavy atom. The molecule has 3 atom stereocenters. The van der Waals surface area contributed by atoms with E-state index in [4.69, 9.17) is 0 Å². The van der Waals surface area contributed by atoms with Crippen molar-refractivity contribution in [1.29, 1.82) is 0 Å². The second-order valence-electron chi connectivity index (χ2n) is 4.80. The molecule has 2 rings (SSSR count). The van der Waals surface area contributed by atoms with Crippen LogP contribution in [-0.4, -0.2) is 15.9 Å². The average Bonchev–Trinajstić information content (AvgIpc) is 2.61. The van der Waals surface area contributed by atoms with E-state index < -0.39 is 4.92 Å². The highest BCUT2D eigenvalue weighted by atomic mass is 16.6. The van der Waals surface area contributed by atoms with Gasteiger partial charge in [-0.2, -0.15) is 0 Å². The molecular formula is C12H17N3O2. The summed E-state index contributed by atoms with van der Waals surface area (Å²) in [6.07, 6.45) is 3.69. The van der Waals surface area contributed by atoms with Crippen molar-refractivity contribution in [3.63, 3.8) is 0 Å². The zero-order valence-electron chi connectivity index (χ0n) is 10.1. The second kappa shape index (κ2) is 4.69. The van der Waals surface area contributed by atoms with E-state index in [-0.39, 0.29) is 5.82 Å². The first-order valence-corrected chi connectivity index (χ1v) is 5.95. The maximum atomic E-state index is 10.8. The van der Waals surface area contributed by atoms with E-state index in [9.17, 15) is 10.1 Å². The molecule has 1 aromatic rings. The molecule has 92 valence electrons. The Kier molecular flexibility index (Phi) is 3.26. The van der Waals surface area contributed by atoms with Gasteiger partial charge in [0.25, 0.3) is 0 Å². The molecule has 0 spiro atoms. The molecule has 0 saturated heterocycles. The van der Waals surface area contributed by atoms with Crippen LogP contribution in [0.25, 0.3) is 0 Å². The number of anilines is 1. The molecule has 0 aromatic carbocycles. The summed E-state index contributed by atoms with van der Waals surface area (Å²) in [5.41, 5.74) is 0.531. The zero-order chi connectivity index (χ0) is 12.4. The minimum atomic E-state index is -0.439. The number of nitrogens with zero attached hydrogens (tertiary/aromatic N) is 2. The van der Waals surface area contributed by atoms with Gasteiger partial charge in [0.05, 0.1) is 0 Å². The summed E-state index contributed by atoms with van der Waals surface area (Å²) in [5.74, 6) is 1.12. The molecule has 1 aliphatic rings. The number of rotatable bonds is 3. The van der Waals surface area contributed by atoms with Crippen LogP contribution in [0.15, 0.2) is 18.3 Å². The Morgan fingerprint density at radius 3 is 2.82 bits per heavy atom. The number of nitro groups is 1. The highest BCUT2D eigenvalue weighted by molar-refractivity contribution is 5.57. The van der Waals surface area contributed by atoms with Gasteiger partial charge in [0, 0.05) is 6.04 Å². The number of aromatic nitrogens is 1. The lowest BCUT2D eigenvalue weighted by Crippen LogP contribution is -2.24. The molecule has 5 heteroatoms. The van der Waals surface area contributed by atoms with Gasteiger partial charge >= 0.3 is 5.82 Å². The molecule has 1 aromatic heterocycles. The molecule has 1 N–H and O–H groups in total. The van der Waals surface area contributed by atoms with Gasteiger partial charge in [0.1, 0.15) is 11.9 Å². The van der Waals surface area contributed by atoms with Crippen LogP contribution in [0.3, 0.4) is 0 Å². The molecule has 1 saturated carbocycles. The summed E-state index contributed by atoms with van der Waals surface area (Å²) in [4.78, 5) is 14.2. The van der Waals surface area contributed by atoms with Crippen LogP contribution in [0.4, 0.5) is 11.5 Å². The normalized spacial score (nSPS) is 28.0. The van der Waals surface area contributed by atoms with Crippen LogP contribution >= 0.6 is 0 Å². The molecule has 1 aliphatic carbocycles. The zero-order valence-corrected chi connectivity index (χ0v) is 10.1. The van der Waals surface area contributed by atoms with Gasteiger partial charge in [-0.15, -0.1) is 0 Å². The molecule has 1 heterocycles. The third kappa shape index (κ3) is 2.38. The third-order valence-electron chi connectivity index (χ3n) is 3.77. The highest BCUT2D eigenvalue weighted by Crippen LogP contribution is 2.34. The first-order chi connectivity index (χ1) is 8.09. The monoisotopic (exact) mass is 235 g/mol. The first kappa shape index (κ1) is 11.8. The summed E-state index contributed by atoms with van der Waals surface area (Å²) in [6.45, 7) is 4.42. The summed E-state index contributed by atoms with van der Waals surface area (Å²) < 4.78 is 0. The van der Waals surface area contributed by atoms with E-state index in [1.54, 1.807) is 12.1 Å². The van der Waals surface area contributed by atoms with Crippen molar-refractivity contribution in [2.24, 2.45) is 11.8 Å². The molecule has 3 unspecified atom stereocenters. The van der Waals surface area contributed by atoms with Crippen molar-refractivity contribution < 1.29 is 4.92 Å². The standard InChI is InChI=1S/C12H17N3O2/c1-8-5-6-10(9(8)2)14-11-4-3-7-13-12(11)15(16)17/h3-4,7-10,14H,5-6H2,1-2H3. The van der Waals surface area contributed by atoms with Gasteiger partial charge < -0.3 is 15.4 Å². The Labute approximate surface area is 100 Å². The fourth-order valence-electron chi connectivity index (χ4n) is 2.42. The van der Waals surface area contributed by atoms with Gasteiger partial charge in [-0.05, 0) is 46.7 Å². The summed E-state index contributed by atoms with van der Waals surface area (Å²) in [6, 6.07) is 3.76. The van der Waals surface area contributed by atoms with Gasteiger partial charge in [-0.1, -0.05) is 13.8 Å². The van der Waals surface area contributed by atoms with Gasteiger partial charge in [-0.3, -0.25) is 0 Å². The number of hydrogen-bond donors (Lipinski definition) is 1. The highest BCUT2D eigenvalue weighted by Gasteiger charge is 2.31. The van der Waals surface area contributed by atoms with Crippen molar-refractivity contribution in [1.82, 2.24) is 4.98 Å². The van der Waals surface area contributed by atoms with Gasteiger partial charge in [-0.25, -0.2) is 0 Å². The van der Waals surface area contributed by atoms with Crippen LogP contribution in [-0.2, 0) is 0 Å². The number of pyridine rings is 1. The van der Waals surface area contributed by atoms with Crippen LogP contribution in [0.1, 0.15) is 26.7 Å². The van der Waals surface area contributed by atoms with Crippen LogP contribution < -0.4 is 5.32 Å². The predicted molar refractivity (Wildman–Crippen MR) is 65.9 cm³/mol. The van der Waals surface area contributed by atoms with E-state index in [1.807, 2.05) is 0 Å². The fourth-order valence-corrected chi connectivity index (χ4v) is 2.42. The smallest absolute Gasteiger partial charge is 0.375 e. The Hall–Kier alpha value is -1.65. The van der Waals surface area contributed by atoms with E-state index in [0.29, 0.717) is 23.6 Å². The second-order valence-corrected chi connectivity index (χ2v) is 4.80. The van der Waals surface area contributed by atoms with Crippen molar-refractivity contribution in [2.75, 3.05) is 5.32 Å². The van der Waals surface area contributed by atoms with Crippen molar-refractivity contribution in [3.8, 4) is 0 Å².